The number of aliphatic carboxylic acids is 1. The van der Waals surface area contributed by atoms with E-state index in [0.29, 0.717) is 13.2 Å². The molecule has 0 amide bonds. The van der Waals surface area contributed by atoms with Crippen molar-refractivity contribution in [3.63, 3.8) is 0 Å². The lowest BCUT2D eigenvalue weighted by Crippen LogP contribution is -2.57. The van der Waals surface area contributed by atoms with Gasteiger partial charge in [0.1, 0.15) is 0 Å². The average molecular weight is 223 g/mol. The number of aromatic nitrogens is 1. The van der Waals surface area contributed by atoms with Crippen molar-refractivity contribution in [2.45, 2.75) is 25.7 Å². The summed E-state index contributed by atoms with van der Waals surface area (Å²) in [6.45, 7) is 5.16. The molecular weight excluding hydrogens is 206 g/mol. The zero-order valence-corrected chi connectivity index (χ0v) is 9.62. The van der Waals surface area contributed by atoms with Crippen LogP contribution in [0.4, 0.5) is 0 Å². The van der Waals surface area contributed by atoms with Crippen molar-refractivity contribution in [2.75, 3.05) is 13.2 Å². The second kappa shape index (κ2) is 3.63. The van der Waals surface area contributed by atoms with Gasteiger partial charge in [0.2, 0.25) is 0 Å². The molecule has 2 N–H and O–H groups in total. The third kappa shape index (κ3) is 1.53. The second-order valence-corrected chi connectivity index (χ2v) is 5.11. The van der Waals surface area contributed by atoms with Crippen LogP contribution in [0.1, 0.15) is 26.0 Å². The maximum Gasteiger partial charge on any atom is 0.303 e. The van der Waals surface area contributed by atoms with Crippen LogP contribution in [0, 0.1) is 5.41 Å². The van der Waals surface area contributed by atoms with E-state index in [-0.39, 0.29) is 17.3 Å². The summed E-state index contributed by atoms with van der Waals surface area (Å²) in [5, 5.41) is 8.98. The van der Waals surface area contributed by atoms with Gasteiger partial charge in [-0.05, 0) is 17.5 Å². The van der Waals surface area contributed by atoms with E-state index in [2.05, 4.69) is 4.98 Å². The summed E-state index contributed by atoms with van der Waals surface area (Å²) >= 11 is 0. The number of rotatable bonds is 4. The zero-order chi connectivity index (χ0) is 11.8. The van der Waals surface area contributed by atoms with Crippen molar-refractivity contribution >= 4 is 5.97 Å². The first-order chi connectivity index (χ1) is 7.48. The molecule has 0 aromatic carbocycles. The van der Waals surface area contributed by atoms with Crippen molar-refractivity contribution in [1.82, 2.24) is 4.98 Å². The van der Waals surface area contributed by atoms with Crippen LogP contribution in [0.3, 0.4) is 0 Å². The van der Waals surface area contributed by atoms with Gasteiger partial charge in [0.15, 0.2) is 0 Å². The molecule has 1 aliphatic heterocycles. The van der Waals surface area contributed by atoms with Crippen molar-refractivity contribution in [3.8, 4) is 0 Å². The molecule has 4 heteroatoms. The fourth-order valence-electron chi connectivity index (χ4n) is 2.39. The number of H-pyrrole nitrogens is 1. The number of hydrogen-bond donors (Lipinski definition) is 2. The molecule has 88 valence electrons. The van der Waals surface area contributed by atoms with E-state index in [1.54, 1.807) is 0 Å². The Morgan fingerprint density at radius 3 is 2.69 bits per heavy atom. The lowest BCUT2D eigenvalue weighted by Gasteiger charge is -2.51. The number of nitrogens with one attached hydrogen (secondary N) is 1. The molecule has 1 aromatic rings. The zero-order valence-electron chi connectivity index (χ0n) is 9.62. The molecule has 0 bridgehead atoms. The van der Waals surface area contributed by atoms with Crippen LogP contribution in [-0.2, 0) is 14.9 Å². The first-order valence-electron chi connectivity index (χ1n) is 5.41. The monoisotopic (exact) mass is 223 g/mol. The quantitative estimate of drug-likeness (QED) is 0.818. The largest absolute Gasteiger partial charge is 0.481 e. The summed E-state index contributed by atoms with van der Waals surface area (Å²) in [7, 11) is 0. The SMILES string of the molecule is CC(C)(CC(=O)O)C1(c2ccc[nH]2)COC1. The van der Waals surface area contributed by atoms with E-state index in [9.17, 15) is 4.79 Å². The summed E-state index contributed by atoms with van der Waals surface area (Å²) < 4.78 is 5.32. The summed E-state index contributed by atoms with van der Waals surface area (Å²) in [4.78, 5) is 14.1. The molecule has 2 rings (SSSR count). The summed E-state index contributed by atoms with van der Waals surface area (Å²) in [6.07, 6.45) is 2.02. The highest BCUT2D eigenvalue weighted by atomic mass is 16.5. The van der Waals surface area contributed by atoms with E-state index < -0.39 is 5.97 Å². The van der Waals surface area contributed by atoms with Gasteiger partial charge in [0.25, 0.3) is 0 Å². The molecule has 1 aromatic heterocycles. The van der Waals surface area contributed by atoms with Gasteiger partial charge in [0, 0.05) is 11.9 Å². The van der Waals surface area contributed by atoms with Gasteiger partial charge in [-0.25, -0.2) is 0 Å². The lowest BCUT2D eigenvalue weighted by atomic mass is 9.60. The van der Waals surface area contributed by atoms with Crippen LogP contribution in [0.15, 0.2) is 18.3 Å². The van der Waals surface area contributed by atoms with E-state index in [4.69, 9.17) is 9.84 Å². The molecule has 4 nitrogen and oxygen atoms in total. The molecule has 0 unspecified atom stereocenters. The molecular formula is C12H17NO3. The third-order valence-corrected chi connectivity index (χ3v) is 3.70. The fourth-order valence-corrected chi connectivity index (χ4v) is 2.39. The minimum absolute atomic E-state index is 0.148. The number of aromatic amines is 1. The molecule has 16 heavy (non-hydrogen) atoms. The smallest absolute Gasteiger partial charge is 0.303 e. The molecule has 0 radical (unpaired) electrons. The molecule has 1 aliphatic rings. The van der Waals surface area contributed by atoms with Gasteiger partial charge in [-0.3, -0.25) is 4.79 Å². The highest BCUT2D eigenvalue weighted by Crippen LogP contribution is 2.48. The van der Waals surface area contributed by atoms with Crippen LogP contribution in [0.5, 0.6) is 0 Å². The molecule has 0 spiro atoms. The minimum atomic E-state index is -0.761. The summed E-state index contributed by atoms with van der Waals surface area (Å²) in [5.41, 5.74) is 0.571. The maximum absolute atomic E-state index is 10.9. The number of hydrogen-bond acceptors (Lipinski definition) is 2. The molecule has 0 saturated carbocycles. The Morgan fingerprint density at radius 1 is 1.62 bits per heavy atom. The Balaban J connectivity index is 2.31. The van der Waals surface area contributed by atoms with Crippen LogP contribution in [0.2, 0.25) is 0 Å². The minimum Gasteiger partial charge on any atom is -0.481 e. The molecule has 0 aliphatic carbocycles. The fraction of sp³-hybridized carbons (Fsp3) is 0.583. The molecule has 0 atom stereocenters. The van der Waals surface area contributed by atoms with Crippen LogP contribution in [-0.4, -0.2) is 29.3 Å². The van der Waals surface area contributed by atoms with Crippen molar-refractivity contribution in [1.29, 1.82) is 0 Å². The Kier molecular flexibility index (Phi) is 2.54. The van der Waals surface area contributed by atoms with Gasteiger partial charge in [-0.1, -0.05) is 13.8 Å². The Hall–Kier alpha value is -1.29. The number of carbonyl (C=O) groups is 1. The number of carboxylic acids is 1. The molecule has 2 heterocycles. The normalized spacial score (nSPS) is 19.1. The van der Waals surface area contributed by atoms with E-state index >= 15 is 0 Å². The van der Waals surface area contributed by atoms with Crippen molar-refractivity contribution < 1.29 is 14.6 Å². The Labute approximate surface area is 94.6 Å². The van der Waals surface area contributed by atoms with E-state index in [1.807, 2.05) is 32.2 Å². The van der Waals surface area contributed by atoms with E-state index in [1.165, 1.54) is 0 Å². The Morgan fingerprint density at radius 2 is 2.31 bits per heavy atom. The predicted molar refractivity (Wildman–Crippen MR) is 59.3 cm³/mol. The van der Waals surface area contributed by atoms with Gasteiger partial charge in [0.05, 0.1) is 25.0 Å². The van der Waals surface area contributed by atoms with Gasteiger partial charge < -0.3 is 14.8 Å². The van der Waals surface area contributed by atoms with E-state index in [0.717, 1.165) is 5.69 Å². The Bertz CT molecular complexity index is 377. The van der Waals surface area contributed by atoms with Gasteiger partial charge in [-0.15, -0.1) is 0 Å². The van der Waals surface area contributed by atoms with Crippen molar-refractivity contribution in [2.24, 2.45) is 5.41 Å². The number of ether oxygens (including phenoxy) is 1. The van der Waals surface area contributed by atoms with Crippen LogP contribution >= 0.6 is 0 Å². The highest BCUT2D eigenvalue weighted by Gasteiger charge is 2.53. The third-order valence-electron chi connectivity index (χ3n) is 3.70. The number of carboxylic acid groups (broad SMARTS) is 1. The predicted octanol–water partition coefficient (Wildman–Crippen LogP) is 1.78. The topological polar surface area (TPSA) is 62.3 Å². The highest BCUT2D eigenvalue weighted by molar-refractivity contribution is 5.68. The van der Waals surface area contributed by atoms with Crippen molar-refractivity contribution in [3.05, 3.63) is 24.0 Å². The summed E-state index contributed by atoms with van der Waals surface area (Å²) in [6, 6.07) is 3.94. The first-order valence-corrected chi connectivity index (χ1v) is 5.41. The molecule has 1 fully saturated rings. The summed E-state index contributed by atoms with van der Waals surface area (Å²) in [5.74, 6) is -0.761. The maximum atomic E-state index is 10.9. The average Bonchev–Trinajstić information content (AvgIpc) is 2.50. The van der Waals surface area contributed by atoms with Crippen LogP contribution in [0.25, 0.3) is 0 Å². The van der Waals surface area contributed by atoms with Crippen LogP contribution < -0.4 is 0 Å². The standard InChI is InChI=1S/C12H17NO3/c1-11(2,6-10(14)15)12(7-16-8-12)9-4-3-5-13-9/h3-5,13H,6-8H2,1-2H3,(H,14,15). The first kappa shape index (κ1) is 11.2. The molecule has 1 saturated heterocycles. The second-order valence-electron chi connectivity index (χ2n) is 5.11. The lowest BCUT2D eigenvalue weighted by molar-refractivity contribution is -0.151. The van der Waals surface area contributed by atoms with Gasteiger partial charge in [-0.2, -0.15) is 0 Å². The van der Waals surface area contributed by atoms with Gasteiger partial charge >= 0.3 is 5.97 Å².